The maximum Gasteiger partial charge on any atom is 0.319 e. The Morgan fingerprint density at radius 3 is 2.24 bits per heavy atom. The highest BCUT2D eigenvalue weighted by molar-refractivity contribution is 6.43. The number of carbonyl (C=O) groups excluding carboxylic acids is 2. The second-order valence-corrected chi connectivity index (χ2v) is 5.98. The standard InChI is InChI=1S/C14H15Cl3O4/c1-4-20-13(19)14(2,3)12(18)7-21-11-6-9(16)8(15)5-10(11)17/h5-6H,4,7H2,1-3H3. The number of carbonyl (C=O) groups is 2. The van der Waals surface area contributed by atoms with Gasteiger partial charge in [-0.25, -0.2) is 0 Å². The summed E-state index contributed by atoms with van der Waals surface area (Å²) < 4.78 is 10.2. The zero-order valence-electron chi connectivity index (χ0n) is 11.8. The number of ketones is 1. The third-order valence-corrected chi connectivity index (χ3v) is 3.83. The van der Waals surface area contributed by atoms with E-state index in [1.54, 1.807) is 6.92 Å². The highest BCUT2D eigenvalue weighted by Gasteiger charge is 2.37. The van der Waals surface area contributed by atoms with Gasteiger partial charge in [-0.1, -0.05) is 34.8 Å². The number of Topliss-reactive ketones (excluding diaryl/α,β-unsaturated/α-hetero) is 1. The first-order valence-electron chi connectivity index (χ1n) is 6.18. The maximum atomic E-state index is 12.1. The normalized spacial score (nSPS) is 11.1. The smallest absolute Gasteiger partial charge is 0.319 e. The molecule has 0 unspecified atom stereocenters. The molecule has 0 aliphatic carbocycles. The Labute approximate surface area is 138 Å². The number of ether oxygens (including phenoxy) is 2. The minimum Gasteiger partial charge on any atom is -0.484 e. The topological polar surface area (TPSA) is 52.6 Å². The van der Waals surface area contributed by atoms with E-state index in [-0.39, 0.29) is 34.0 Å². The summed E-state index contributed by atoms with van der Waals surface area (Å²) in [6, 6.07) is 2.83. The van der Waals surface area contributed by atoms with Gasteiger partial charge in [0.05, 0.1) is 21.7 Å². The van der Waals surface area contributed by atoms with Crippen LogP contribution < -0.4 is 4.74 Å². The fourth-order valence-corrected chi connectivity index (χ4v) is 1.96. The van der Waals surface area contributed by atoms with Crippen LogP contribution in [-0.2, 0) is 14.3 Å². The minimum absolute atomic E-state index is 0.203. The maximum absolute atomic E-state index is 12.1. The van der Waals surface area contributed by atoms with Crippen LogP contribution in [-0.4, -0.2) is 25.0 Å². The molecule has 0 N–H and O–H groups in total. The Hall–Kier alpha value is -0.970. The molecule has 0 saturated carbocycles. The second-order valence-electron chi connectivity index (χ2n) is 4.75. The van der Waals surface area contributed by atoms with Crippen molar-refractivity contribution in [1.82, 2.24) is 0 Å². The molecule has 0 spiro atoms. The summed E-state index contributed by atoms with van der Waals surface area (Å²) >= 11 is 17.6. The largest absolute Gasteiger partial charge is 0.484 e. The average molecular weight is 354 g/mol. The first-order valence-corrected chi connectivity index (χ1v) is 7.31. The Kier molecular flexibility index (Phi) is 6.32. The van der Waals surface area contributed by atoms with Crippen molar-refractivity contribution in [2.45, 2.75) is 20.8 Å². The zero-order valence-corrected chi connectivity index (χ0v) is 14.1. The highest BCUT2D eigenvalue weighted by Crippen LogP contribution is 2.34. The van der Waals surface area contributed by atoms with Crippen LogP contribution in [0.25, 0.3) is 0 Å². The molecule has 0 aliphatic heterocycles. The van der Waals surface area contributed by atoms with Gasteiger partial charge in [-0.3, -0.25) is 9.59 Å². The summed E-state index contributed by atoms with van der Waals surface area (Å²) in [4.78, 5) is 23.8. The third-order valence-electron chi connectivity index (χ3n) is 2.82. The van der Waals surface area contributed by atoms with Crippen LogP contribution in [0.15, 0.2) is 12.1 Å². The van der Waals surface area contributed by atoms with Crippen LogP contribution in [0.5, 0.6) is 5.75 Å². The summed E-state index contributed by atoms with van der Waals surface area (Å²) in [6.45, 7) is 4.50. The van der Waals surface area contributed by atoms with Gasteiger partial charge in [0.2, 0.25) is 0 Å². The predicted octanol–water partition coefficient (Wildman–Crippen LogP) is 4.18. The molecule has 1 aromatic rings. The SMILES string of the molecule is CCOC(=O)C(C)(C)C(=O)COc1cc(Cl)c(Cl)cc1Cl. The van der Waals surface area contributed by atoms with Crippen LogP contribution in [0.2, 0.25) is 15.1 Å². The van der Waals surface area contributed by atoms with Gasteiger partial charge in [0.25, 0.3) is 0 Å². The summed E-state index contributed by atoms with van der Waals surface area (Å²) in [5, 5.41) is 0.770. The van der Waals surface area contributed by atoms with Gasteiger partial charge in [-0.15, -0.1) is 0 Å². The lowest BCUT2D eigenvalue weighted by atomic mass is 9.88. The molecular formula is C14H15Cl3O4. The minimum atomic E-state index is -1.29. The van der Waals surface area contributed by atoms with E-state index in [1.165, 1.54) is 26.0 Å². The molecule has 0 heterocycles. The molecule has 0 saturated heterocycles. The summed E-state index contributed by atoms with van der Waals surface area (Å²) in [6.07, 6.45) is 0. The van der Waals surface area contributed by atoms with Gasteiger partial charge in [0.15, 0.2) is 5.78 Å². The van der Waals surface area contributed by atoms with Gasteiger partial charge in [0, 0.05) is 6.07 Å². The van der Waals surface area contributed by atoms with Crippen LogP contribution in [0, 0.1) is 5.41 Å². The average Bonchev–Trinajstić information content (AvgIpc) is 2.41. The van der Waals surface area contributed by atoms with E-state index >= 15 is 0 Å². The van der Waals surface area contributed by atoms with Crippen molar-refractivity contribution in [1.29, 1.82) is 0 Å². The van der Waals surface area contributed by atoms with Crippen molar-refractivity contribution in [3.63, 3.8) is 0 Å². The van der Waals surface area contributed by atoms with Crippen LogP contribution in [0.1, 0.15) is 20.8 Å². The summed E-state index contributed by atoms with van der Waals surface area (Å²) in [7, 11) is 0. The van der Waals surface area contributed by atoms with Gasteiger partial charge in [-0.2, -0.15) is 0 Å². The fourth-order valence-electron chi connectivity index (χ4n) is 1.36. The number of rotatable bonds is 6. The van der Waals surface area contributed by atoms with Crippen molar-refractivity contribution in [3.05, 3.63) is 27.2 Å². The fraction of sp³-hybridized carbons (Fsp3) is 0.429. The first-order chi connectivity index (χ1) is 9.70. The molecule has 0 aromatic heterocycles. The lowest BCUT2D eigenvalue weighted by molar-refractivity contribution is -0.158. The van der Waals surface area contributed by atoms with Crippen molar-refractivity contribution < 1.29 is 19.1 Å². The molecule has 4 nitrogen and oxygen atoms in total. The van der Waals surface area contributed by atoms with Crippen molar-refractivity contribution >= 4 is 46.6 Å². The Balaban J connectivity index is 2.77. The van der Waals surface area contributed by atoms with E-state index < -0.39 is 17.2 Å². The molecule has 1 aromatic carbocycles. The monoisotopic (exact) mass is 352 g/mol. The van der Waals surface area contributed by atoms with Gasteiger partial charge in [-0.05, 0) is 26.8 Å². The molecule has 7 heteroatoms. The van der Waals surface area contributed by atoms with E-state index in [2.05, 4.69) is 0 Å². The molecule has 0 radical (unpaired) electrons. The van der Waals surface area contributed by atoms with Crippen LogP contribution >= 0.6 is 34.8 Å². The molecule has 21 heavy (non-hydrogen) atoms. The number of hydrogen-bond donors (Lipinski definition) is 0. The van der Waals surface area contributed by atoms with Crippen LogP contribution in [0.4, 0.5) is 0 Å². The van der Waals surface area contributed by atoms with Crippen molar-refractivity contribution in [2.75, 3.05) is 13.2 Å². The number of benzene rings is 1. The van der Waals surface area contributed by atoms with Crippen molar-refractivity contribution in [3.8, 4) is 5.75 Å². The number of esters is 1. The van der Waals surface area contributed by atoms with E-state index in [0.29, 0.717) is 0 Å². The Morgan fingerprint density at radius 1 is 1.10 bits per heavy atom. The predicted molar refractivity (Wildman–Crippen MR) is 82.4 cm³/mol. The van der Waals surface area contributed by atoms with E-state index in [4.69, 9.17) is 44.3 Å². The number of halogens is 3. The van der Waals surface area contributed by atoms with E-state index in [1.807, 2.05) is 0 Å². The Morgan fingerprint density at radius 2 is 1.67 bits per heavy atom. The lowest BCUT2D eigenvalue weighted by Crippen LogP contribution is -2.38. The Bertz CT molecular complexity index is 555. The zero-order chi connectivity index (χ0) is 16.2. The molecule has 0 atom stereocenters. The lowest BCUT2D eigenvalue weighted by Gasteiger charge is -2.21. The highest BCUT2D eigenvalue weighted by atomic mass is 35.5. The number of hydrogen-bond acceptors (Lipinski definition) is 4. The quantitative estimate of drug-likeness (QED) is 0.437. The third kappa shape index (κ3) is 4.50. The van der Waals surface area contributed by atoms with Crippen LogP contribution in [0.3, 0.4) is 0 Å². The molecule has 116 valence electrons. The van der Waals surface area contributed by atoms with Gasteiger partial charge < -0.3 is 9.47 Å². The molecular weight excluding hydrogens is 339 g/mol. The van der Waals surface area contributed by atoms with E-state index in [0.717, 1.165) is 0 Å². The molecule has 0 fully saturated rings. The molecule has 0 bridgehead atoms. The second kappa shape index (κ2) is 7.34. The molecule has 0 amide bonds. The summed E-state index contributed by atoms with van der Waals surface area (Å²) in [5.74, 6) is -0.805. The molecule has 1 rings (SSSR count). The molecule has 0 aliphatic rings. The van der Waals surface area contributed by atoms with Gasteiger partial charge in [0.1, 0.15) is 17.8 Å². The van der Waals surface area contributed by atoms with E-state index in [9.17, 15) is 9.59 Å². The summed E-state index contributed by atoms with van der Waals surface area (Å²) in [5.41, 5.74) is -1.29. The van der Waals surface area contributed by atoms with Crippen molar-refractivity contribution in [2.24, 2.45) is 5.41 Å². The first kappa shape index (κ1) is 18.1. The van der Waals surface area contributed by atoms with Gasteiger partial charge >= 0.3 is 5.97 Å².